The van der Waals surface area contributed by atoms with Crippen LogP contribution in [-0.4, -0.2) is 23.9 Å². The maximum absolute atomic E-state index is 13.3. The first-order valence-corrected chi connectivity index (χ1v) is 10.5. The van der Waals surface area contributed by atoms with Crippen molar-refractivity contribution in [3.05, 3.63) is 99.6 Å². The highest BCUT2D eigenvalue weighted by atomic mass is 35.5. The number of ketones is 1. The molecule has 5 nitrogen and oxygen atoms in total. The smallest absolute Gasteiger partial charge is 0.300 e. The van der Waals surface area contributed by atoms with Crippen LogP contribution in [0.25, 0.3) is 5.76 Å². The SMILES string of the molecule is COc1cccc(C2/C(=C(\O)c3cccc(Cl)c3)C(=O)C(=O)N2c2ccc(C)cc2C)c1. The van der Waals surface area contributed by atoms with Gasteiger partial charge in [-0.15, -0.1) is 0 Å². The molecule has 1 amide bonds. The van der Waals surface area contributed by atoms with E-state index in [0.29, 0.717) is 27.6 Å². The third-order valence-corrected chi connectivity index (χ3v) is 5.80. The molecule has 1 fully saturated rings. The number of carbonyl (C=O) groups is 2. The number of anilines is 1. The summed E-state index contributed by atoms with van der Waals surface area (Å²) in [6.07, 6.45) is 0. The summed E-state index contributed by atoms with van der Waals surface area (Å²) < 4.78 is 5.36. The van der Waals surface area contributed by atoms with Crippen molar-refractivity contribution in [2.24, 2.45) is 0 Å². The Bertz CT molecular complexity index is 1260. The minimum atomic E-state index is -0.828. The van der Waals surface area contributed by atoms with E-state index in [2.05, 4.69) is 0 Å². The van der Waals surface area contributed by atoms with Gasteiger partial charge in [0.1, 0.15) is 11.5 Å². The normalized spacial score (nSPS) is 17.6. The number of nitrogens with zero attached hydrogens (tertiary/aromatic N) is 1. The largest absolute Gasteiger partial charge is 0.507 e. The molecule has 0 radical (unpaired) electrons. The Balaban J connectivity index is 1.99. The lowest BCUT2D eigenvalue weighted by atomic mass is 9.94. The molecular weight excluding hydrogens is 426 g/mol. The van der Waals surface area contributed by atoms with E-state index in [1.54, 1.807) is 55.6 Å². The summed E-state index contributed by atoms with van der Waals surface area (Å²) in [5.74, 6) is -1.15. The molecule has 1 atom stereocenters. The molecule has 1 saturated heterocycles. The molecule has 0 spiro atoms. The van der Waals surface area contributed by atoms with Crippen molar-refractivity contribution < 1.29 is 19.4 Å². The maximum Gasteiger partial charge on any atom is 0.300 e. The van der Waals surface area contributed by atoms with Crippen molar-refractivity contribution in [1.82, 2.24) is 0 Å². The summed E-state index contributed by atoms with van der Waals surface area (Å²) in [5, 5.41) is 11.6. The van der Waals surface area contributed by atoms with Gasteiger partial charge in [0.05, 0.1) is 18.7 Å². The number of halogens is 1. The number of hydrogen-bond acceptors (Lipinski definition) is 4. The average Bonchev–Trinajstić information content (AvgIpc) is 3.04. The first-order valence-electron chi connectivity index (χ1n) is 10.1. The van der Waals surface area contributed by atoms with Crippen molar-refractivity contribution in [2.45, 2.75) is 19.9 Å². The molecule has 3 aromatic rings. The van der Waals surface area contributed by atoms with Gasteiger partial charge in [-0.2, -0.15) is 0 Å². The number of carbonyl (C=O) groups excluding carboxylic acids is 2. The molecule has 32 heavy (non-hydrogen) atoms. The molecule has 0 aliphatic carbocycles. The van der Waals surface area contributed by atoms with Crippen LogP contribution in [0.2, 0.25) is 5.02 Å². The number of aliphatic hydroxyl groups excluding tert-OH is 1. The Kier molecular flexibility index (Phi) is 5.76. The van der Waals surface area contributed by atoms with Crippen LogP contribution in [0.5, 0.6) is 5.75 Å². The highest BCUT2D eigenvalue weighted by molar-refractivity contribution is 6.51. The fourth-order valence-electron chi connectivity index (χ4n) is 4.07. The van der Waals surface area contributed by atoms with Gasteiger partial charge in [-0.1, -0.05) is 53.6 Å². The number of hydrogen-bond donors (Lipinski definition) is 1. The van der Waals surface area contributed by atoms with E-state index in [1.807, 2.05) is 32.0 Å². The minimum Gasteiger partial charge on any atom is -0.507 e. The van der Waals surface area contributed by atoms with Crippen molar-refractivity contribution in [1.29, 1.82) is 0 Å². The van der Waals surface area contributed by atoms with Gasteiger partial charge in [-0.3, -0.25) is 14.5 Å². The standard InChI is InChI=1S/C26H22ClNO4/c1-15-10-11-21(16(2)12-15)28-23(17-6-5-9-20(14-17)32-3)22(25(30)26(28)31)24(29)18-7-4-8-19(27)13-18/h4-14,23,29H,1-3H3/b24-22+. The fourth-order valence-corrected chi connectivity index (χ4v) is 4.27. The molecule has 1 heterocycles. The number of amides is 1. The van der Waals surface area contributed by atoms with E-state index in [4.69, 9.17) is 16.3 Å². The van der Waals surface area contributed by atoms with E-state index in [-0.39, 0.29) is 11.3 Å². The predicted octanol–water partition coefficient (Wildman–Crippen LogP) is 5.59. The first-order chi connectivity index (χ1) is 15.3. The summed E-state index contributed by atoms with van der Waals surface area (Å²) in [4.78, 5) is 27.9. The highest BCUT2D eigenvalue weighted by Gasteiger charge is 2.47. The van der Waals surface area contributed by atoms with Crippen molar-refractivity contribution in [2.75, 3.05) is 12.0 Å². The monoisotopic (exact) mass is 447 g/mol. The molecule has 1 aliphatic heterocycles. The zero-order chi connectivity index (χ0) is 23.0. The third kappa shape index (κ3) is 3.76. The van der Waals surface area contributed by atoms with Gasteiger partial charge in [-0.05, 0) is 55.3 Å². The van der Waals surface area contributed by atoms with Crippen LogP contribution in [0.15, 0.2) is 72.3 Å². The van der Waals surface area contributed by atoms with Crippen LogP contribution in [0.1, 0.15) is 28.3 Å². The molecule has 1 N–H and O–H groups in total. The van der Waals surface area contributed by atoms with Gasteiger partial charge in [0, 0.05) is 16.3 Å². The van der Waals surface area contributed by atoms with Gasteiger partial charge in [-0.25, -0.2) is 0 Å². The van der Waals surface area contributed by atoms with Crippen LogP contribution in [0.3, 0.4) is 0 Å². The van der Waals surface area contributed by atoms with E-state index >= 15 is 0 Å². The third-order valence-electron chi connectivity index (χ3n) is 5.56. The molecule has 6 heteroatoms. The molecule has 0 bridgehead atoms. The Hall–Kier alpha value is -3.57. The zero-order valence-corrected chi connectivity index (χ0v) is 18.7. The predicted molar refractivity (Wildman–Crippen MR) is 125 cm³/mol. The highest BCUT2D eigenvalue weighted by Crippen LogP contribution is 2.43. The van der Waals surface area contributed by atoms with Gasteiger partial charge >= 0.3 is 0 Å². The maximum atomic E-state index is 13.3. The summed E-state index contributed by atoms with van der Waals surface area (Å²) in [7, 11) is 1.55. The lowest BCUT2D eigenvalue weighted by Gasteiger charge is -2.27. The molecule has 162 valence electrons. The summed E-state index contributed by atoms with van der Waals surface area (Å²) in [6.45, 7) is 3.85. The molecule has 1 aliphatic rings. The molecule has 4 rings (SSSR count). The van der Waals surface area contributed by atoms with E-state index in [0.717, 1.165) is 11.1 Å². The number of aliphatic hydroxyl groups is 1. The van der Waals surface area contributed by atoms with Crippen molar-refractivity contribution in [3.63, 3.8) is 0 Å². The Morgan fingerprint density at radius 2 is 1.75 bits per heavy atom. The molecule has 3 aromatic carbocycles. The Morgan fingerprint density at radius 3 is 2.44 bits per heavy atom. The van der Waals surface area contributed by atoms with Crippen molar-refractivity contribution >= 4 is 34.7 Å². The second-order valence-electron chi connectivity index (χ2n) is 7.75. The van der Waals surface area contributed by atoms with Crippen molar-refractivity contribution in [3.8, 4) is 5.75 Å². The number of aryl methyl sites for hydroxylation is 2. The summed E-state index contributed by atoms with van der Waals surface area (Å²) in [6, 6.07) is 18.5. The Labute approximate surface area is 191 Å². The van der Waals surface area contributed by atoms with Gasteiger partial charge < -0.3 is 9.84 Å². The first kappa shape index (κ1) is 21.7. The van der Waals surface area contributed by atoms with E-state index < -0.39 is 17.7 Å². The van der Waals surface area contributed by atoms with Gasteiger partial charge in [0.15, 0.2) is 0 Å². The van der Waals surface area contributed by atoms with Crippen LogP contribution in [-0.2, 0) is 9.59 Å². The second-order valence-corrected chi connectivity index (χ2v) is 8.18. The van der Waals surface area contributed by atoms with Crippen LogP contribution >= 0.6 is 11.6 Å². The molecule has 0 saturated carbocycles. The van der Waals surface area contributed by atoms with Crippen LogP contribution in [0.4, 0.5) is 5.69 Å². The molecule has 0 aromatic heterocycles. The second kappa shape index (κ2) is 8.52. The molecular formula is C26H22ClNO4. The number of Topliss-reactive ketones (excluding diaryl/α,β-unsaturated/α-hetero) is 1. The molecule has 1 unspecified atom stereocenters. The van der Waals surface area contributed by atoms with Gasteiger partial charge in [0.2, 0.25) is 0 Å². The van der Waals surface area contributed by atoms with Gasteiger partial charge in [0.25, 0.3) is 11.7 Å². The zero-order valence-electron chi connectivity index (χ0n) is 17.9. The quantitative estimate of drug-likeness (QED) is 0.321. The topological polar surface area (TPSA) is 66.8 Å². The van der Waals surface area contributed by atoms with Crippen LogP contribution < -0.4 is 9.64 Å². The number of ether oxygens (including phenoxy) is 1. The average molecular weight is 448 g/mol. The van der Waals surface area contributed by atoms with E-state index in [1.165, 1.54) is 4.90 Å². The lowest BCUT2D eigenvalue weighted by Crippen LogP contribution is -2.30. The number of methoxy groups -OCH3 is 1. The minimum absolute atomic E-state index is 0.00509. The summed E-state index contributed by atoms with van der Waals surface area (Å²) >= 11 is 6.10. The lowest BCUT2D eigenvalue weighted by molar-refractivity contribution is -0.132. The number of benzene rings is 3. The van der Waals surface area contributed by atoms with E-state index in [9.17, 15) is 14.7 Å². The Morgan fingerprint density at radius 1 is 1.00 bits per heavy atom. The summed E-state index contributed by atoms with van der Waals surface area (Å²) in [5.41, 5.74) is 3.51. The number of rotatable bonds is 4. The van der Waals surface area contributed by atoms with Crippen LogP contribution in [0, 0.1) is 13.8 Å². The fraction of sp³-hybridized carbons (Fsp3) is 0.154.